The molecule has 1 N–H and O–H groups in total. The Morgan fingerprint density at radius 1 is 1.29 bits per heavy atom. The maximum atomic E-state index is 5.63. The minimum atomic E-state index is 0.597. The molecule has 0 bridgehead atoms. The molecule has 1 atom stereocenters. The highest BCUT2D eigenvalue weighted by molar-refractivity contribution is 6.17. The molecule has 2 heteroatoms. The van der Waals surface area contributed by atoms with Crippen molar-refractivity contribution in [1.82, 2.24) is 5.32 Å². The standard InChI is InChI=1S/C12H22ClN/c1-11(7-3-2-5-9-13)12-8-4-6-10-14-12/h12,14H,1-10H2. The Kier molecular flexibility index (Phi) is 6.29. The lowest BCUT2D eigenvalue weighted by Crippen LogP contribution is -2.35. The van der Waals surface area contributed by atoms with Gasteiger partial charge in [-0.2, -0.15) is 0 Å². The Morgan fingerprint density at radius 3 is 2.79 bits per heavy atom. The molecule has 0 aromatic heterocycles. The molecular formula is C12H22ClN. The zero-order valence-electron chi connectivity index (χ0n) is 9.03. The summed E-state index contributed by atoms with van der Waals surface area (Å²) >= 11 is 5.63. The molecule has 0 saturated carbocycles. The molecule has 1 aliphatic heterocycles. The van der Waals surface area contributed by atoms with Crippen LogP contribution in [0.15, 0.2) is 12.2 Å². The Labute approximate surface area is 92.9 Å². The molecular weight excluding hydrogens is 194 g/mol. The second-order valence-electron chi connectivity index (χ2n) is 4.16. The second kappa shape index (κ2) is 7.30. The zero-order valence-corrected chi connectivity index (χ0v) is 9.78. The van der Waals surface area contributed by atoms with Gasteiger partial charge in [-0.05, 0) is 38.6 Å². The highest BCUT2D eigenvalue weighted by Gasteiger charge is 2.14. The van der Waals surface area contributed by atoms with Crippen LogP contribution < -0.4 is 5.32 Å². The Hall–Kier alpha value is -0.0100. The van der Waals surface area contributed by atoms with Crippen molar-refractivity contribution in [2.75, 3.05) is 12.4 Å². The van der Waals surface area contributed by atoms with Crippen molar-refractivity contribution >= 4 is 11.6 Å². The van der Waals surface area contributed by atoms with Crippen LogP contribution >= 0.6 is 11.6 Å². The summed E-state index contributed by atoms with van der Waals surface area (Å²) in [5.74, 6) is 0.800. The number of nitrogens with one attached hydrogen (secondary N) is 1. The largest absolute Gasteiger partial charge is 0.310 e. The monoisotopic (exact) mass is 215 g/mol. The summed E-state index contributed by atoms with van der Waals surface area (Å²) in [6, 6.07) is 0.597. The van der Waals surface area contributed by atoms with E-state index < -0.39 is 0 Å². The molecule has 0 aromatic rings. The van der Waals surface area contributed by atoms with Crippen molar-refractivity contribution < 1.29 is 0 Å². The molecule has 0 spiro atoms. The first-order valence-electron chi connectivity index (χ1n) is 5.81. The molecule has 1 nitrogen and oxygen atoms in total. The number of halogens is 1. The number of hydrogen-bond donors (Lipinski definition) is 1. The summed E-state index contributed by atoms with van der Waals surface area (Å²) in [6.45, 7) is 5.35. The lowest BCUT2D eigenvalue weighted by atomic mass is 9.95. The van der Waals surface area contributed by atoms with E-state index in [9.17, 15) is 0 Å². The van der Waals surface area contributed by atoms with Gasteiger partial charge in [0.1, 0.15) is 0 Å². The third kappa shape index (κ3) is 4.47. The van der Waals surface area contributed by atoms with Gasteiger partial charge < -0.3 is 5.32 Å². The SMILES string of the molecule is C=C(CCCCCCl)C1CCCCN1. The first kappa shape index (κ1) is 12.1. The first-order valence-corrected chi connectivity index (χ1v) is 6.35. The van der Waals surface area contributed by atoms with Crippen molar-refractivity contribution in [2.24, 2.45) is 0 Å². The molecule has 0 aliphatic carbocycles. The fourth-order valence-electron chi connectivity index (χ4n) is 2.00. The van der Waals surface area contributed by atoms with Crippen LogP contribution in [-0.2, 0) is 0 Å². The molecule has 1 rings (SSSR count). The van der Waals surface area contributed by atoms with Gasteiger partial charge in [-0.3, -0.25) is 0 Å². The molecule has 1 heterocycles. The highest BCUT2D eigenvalue weighted by atomic mass is 35.5. The van der Waals surface area contributed by atoms with Crippen LogP contribution in [0.2, 0.25) is 0 Å². The zero-order chi connectivity index (χ0) is 10.2. The van der Waals surface area contributed by atoms with E-state index in [4.69, 9.17) is 11.6 Å². The quantitative estimate of drug-likeness (QED) is 0.407. The predicted molar refractivity (Wildman–Crippen MR) is 64.0 cm³/mol. The molecule has 0 amide bonds. The second-order valence-corrected chi connectivity index (χ2v) is 4.54. The number of hydrogen-bond acceptors (Lipinski definition) is 1. The Balaban J connectivity index is 2.07. The van der Waals surface area contributed by atoms with Gasteiger partial charge in [0.25, 0.3) is 0 Å². The molecule has 82 valence electrons. The predicted octanol–water partition coefficient (Wildman–Crippen LogP) is 3.48. The van der Waals surface area contributed by atoms with Crippen LogP contribution in [0.25, 0.3) is 0 Å². The normalized spacial score (nSPS) is 22.2. The van der Waals surface area contributed by atoms with E-state index in [1.165, 1.54) is 50.6 Å². The molecule has 1 saturated heterocycles. The number of unbranched alkanes of at least 4 members (excludes halogenated alkanes) is 2. The van der Waals surface area contributed by atoms with E-state index in [-0.39, 0.29) is 0 Å². The minimum Gasteiger partial charge on any atom is -0.310 e. The summed E-state index contributed by atoms with van der Waals surface area (Å²) in [5.41, 5.74) is 1.40. The molecule has 1 unspecified atom stereocenters. The van der Waals surface area contributed by atoms with Gasteiger partial charge in [0.2, 0.25) is 0 Å². The van der Waals surface area contributed by atoms with Gasteiger partial charge in [0.15, 0.2) is 0 Å². The van der Waals surface area contributed by atoms with E-state index >= 15 is 0 Å². The molecule has 1 aliphatic rings. The third-order valence-corrected chi connectivity index (χ3v) is 3.20. The lowest BCUT2D eigenvalue weighted by Gasteiger charge is -2.25. The van der Waals surface area contributed by atoms with Gasteiger partial charge >= 0.3 is 0 Å². The van der Waals surface area contributed by atoms with Gasteiger partial charge in [-0.15, -0.1) is 11.6 Å². The van der Waals surface area contributed by atoms with Crippen molar-refractivity contribution in [3.63, 3.8) is 0 Å². The smallest absolute Gasteiger partial charge is 0.0276 e. The van der Waals surface area contributed by atoms with E-state index in [0.29, 0.717) is 6.04 Å². The van der Waals surface area contributed by atoms with E-state index in [1.54, 1.807) is 0 Å². The van der Waals surface area contributed by atoms with Gasteiger partial charge in [-0.1, -0.05) is 25.0 Å². The lowest BCUT2D eigenvalue weighted by molar-refractivity contribution is 0.430. The average Bonchev–Trinajstić information content (AvgIpc) is 2.25. The number of rotatable bonds is 6. The van der Waals surface area contributed by atoms with Crippen LogP contribution in [0.5, 0.6) is 0 Å². The summed E-state index contributed by atoms with van der Waals surface area (Å²) in [7, 11) is 0. The molecule has 0 radical (unpaired) electrons. The Bertz CT molecular complexity index is 162. The first-order chi connectivity index (χ1) is 6.84. The Morgan fingerprint density at radius 2 is 2.14 bits per heavy atom. The van der Waals surface area contributed by atoms with Crippen LogP contribution in [0.4, 0.5) is 0 Å². The van der Waals surface area contributed by atoms with Crippen LogP contribution in [0, 0.1) is 0 Å². The van der Waals surface area contributed by atoms with Crippen LogP contribution in [0.1, 0.15) is 44.9 Å². The average molecular weight is 216 g/mol. The number of alkyl halides is 1. The summed E-state index contributed by atoms with van der Waals surface area (Å²) in [5, 5.41) is 3.53. The third-order valence-electron chi connectivity index (χ3n) is 2.93. The molecule has 1 fully saturated rings. The van der Waals surface area contributed by atoms with E-state index in [2.05, 4.69) is 11.9 Å². The van der Waals surface area contributed by atoms with Crippen molar-refractivity contribution in [3.8, 4) is 0 Å². The summed E-state index contributed by atoms with van der Waals surface area (Å²) in [4.78, 5) is 0. The maximum Gasteiger partial charge on any atom is 0.0276 e. The molecule has 0 aromatic carbocycles. The maximum absolute atomic E-state index is 5.63. The highest BCUT2D eigenvalue weighted by Crippen LogP contribution is 2.18. The van der Waals surface area contributed by atoms with Crippen LogP contribution in [-0.4, -0.2) is 18.5 Å². The van der Waals surface area contributed by atoms with Gasteiger partial charge in [0.05, 0.1) is 0 Å². The number of piperidine rings is 1. The van der Waals surface area contributed by atoms with E-state index in [0.717, 1.165) is 12.3 Å². The molecule has 14 heavy (non-hydrogen) atoms. The van der Waals surface area contributed by atoms with Crippen molar-refractivity contribution in [1.29, 1.82) is 0 Å². The topological polar surface area (TPSA) is 12.0 Å². The van der Waals surface area contributed by atoms with Crippen LogP contribution in [0.3, 0.4) is 0 Å². The van der Waals surface area contributed by atoms with Crippen molar-refractivity contribution in [2.45, 2.75) is 51.0 Å². The van der Waals surface area contributed by atoms with Gasteiger partial charge in [-0.25, -0.2) is 0 Å². The fraction of sp³-hybridized carbons (Fsp3) is 0.833. The summed E-state index contributed by atoms with van der Waals surface area (Å²) in [6.07, 6.45) is 8.79. The fourth-order valence-corrected chi connectivity index (χ4v) is 2.19. The van der Waals surface area contributed by atoms with Gasteiger partial charge in [0, 0.05) is 11.9 Å². The van der Waals surface area contributed by atoms with E-state index in [1.807, 2.05) is 0 Å². The van der Waals surface area contributed by atoms with Crippen molar-refractivity contribution in [3.05, 3.63) is 12.2 Å². The summed E-state index contributed by atoms with van der Waals surface area (Å²) < 4.78 is 0. The minimum absolute atomic E-state index is 0.597.